The maximum atomic E-state index is 10.8. The molecule has 10 nitrogen and oxygen atoms in total. The molecule has 0 aromatic heterocycles. The van der Waals surface area contributed by atoms with Gasteiger partial charge in [-0.25, -0.2) is 0 Å². The molecule has 0 aromatic carbocycles. The standard InChI is InChI=1S/C3H3N5O5/c1-6-3(7(10)11,8(12)13)2(9)4-5-6/h1H3. The molecule has 0 aromatic rings. The van der Waals surface area contributed by atoms with Crippen molar-refractivity contribution in [1.82, 2.24) is 5.01 Å². The van der Waals surface area contributed by atoms with E-state index in [-0.39, 0.29) is 0 Å². The first-order valence-electron chi connectivity index (χ1n) is 2.93. The van der Waals surface area contributed by atoms with Crippen LogP contribution in [-0.4, -0.2) is 33.6 Å². The van der Waals surface area contributed by atoms with E-state index in [1.807, 2.05) is 0 Å². The number of rotatable bonds is 2. The summed E-state index contributed by atoms with van der Waals surface area (Å²) in [5.41, 5.74) is 0. The highest BCUT2D eigenvalue weighted by molar-refractivity contribution is 5.84. The number of hydrogen-bond acceptors (Lipinski definition) is 7. The van der Waals surface area contributed by atoms with E-state index in [0.29, 0.717) is 5.01 Å². The van der Waals surface area contributed by atoms with Gasteiger partial charge in [-0.05, 0) is 0 Å². The maximum Gasteiger partial charge on any atom is 0.643 e. The molecule has 1 heterocycles. The van der Waals surface area contributed by atoms with E-state index in [0.717, 1.165) is 7.05 Å². The Balaban J connectivity index is 3.27. The van der Waals surface area contributed by atoms with Gasteiger partial charge in [0.05, 0.1) is 0 Å². The smallest absolute Gasteiger partial charge is 0.256 e. The third kappa shape index (κ3) is 0.847. The average Bonchev–Trinajstić information content (AvgIpc) is 2.27. The van der Waals surface area contributed by atoms with Gasteiger partial charge in [-0.2, -0.15) is 0 Å². The van der Waals surface area contributed by atoms with E-state index in [9.17, 15) is 25.0 Å². The van der Waals surface area contributed by atoms with E-state index in [4.69, 9.17) is 0 Å². The predicted octanol–water partition coefficient (Wildman–Crippen LogP) is -0.967. The minimum Gasteiger partial charge on any atom is -0.256 e. The third-order valence-corrected chi connectivity index (χ3v) is 1.52. The fourth-order valence-electron chi connectivity index (χ4n) is 0.835. The fraction of sp³-hybridized carbons (Fsp3) is 0.667. The van der Waals surface area contributed by atoms with Gasteiger partial charge < -0.3 is 0 Å². The van der Waals surface area contributed by atoms with E-state index in [1.54, 1.807) is 0 Å². The van der Waals surface area contributed by atoms with Gasteiger partial charge in [-0.3, -0.25) is 25.0 Å². The second-order valence-corrected chi connectivity index (χ2v) is 2.17. The molecule has 0 saturated heterocycles. The number of nitro groups is 2. The number of carbonyl (C=O) groups is 1. The highest BCUT2D eigenvalue weighted by Gasteiger charge is 2.72. The number of carbonyl (C=O) groups excluding carboxylic acids is 1. The second-order valence-electron chi connectivity index (χ2n) is 2.17. The minimum absolute atomic E-state index is 0.301. The zero-order valence-electron chi connectivity index (χ0n) is 6.28. The Bertz CT molecular complexity index is 308. The Morgan fingerprint density at radius 3 is 2.00 bits per heavy atom. The molecule has 0 atom stereocenters. The molecule has 0 spiro atoms. The van der Waals surface area contributed by atoms with Gasteiger partial charge >= 0.3 is 11.7 Å². The molecule has 0 radical (unpaired) electrons. The van der Waals surface area contributed by atoms with Gasteiger partial charge in [0.2, 0.25) is 0 Å². The molecule has 0 aliphatic carbocycles. The van der Waals surface area contributed by atoms with Crippen molar-refractivity contribution in [2.75, 3.05) is 7.05 Å². The first-order chi connectivity index (χ1) is 5.94. The molecule has 10 heteroatoms. The largest absolute Gasteiger partial charge is 0.643 e. The topological polar surface area (TPSA) is 131 Å². The molecule has 13 heavy (non-hydrogen) atoms. The van der Waals surface area contributed by atoms with Crippen molar-refractivity contribution < 1.29 is 14.6 Å². The van der Waals surface area contributed by atoms with Crippen LogP contribution in [0.15, 0.2) is 10.3 Å². The molecule has 0 fully saturated rings. The first-order valence-corrected chi connectivity index (χ1v) is 2.93. The Morgan fingerprint density at radius 2 is 1.85 bits per heavy atom. The van der Waals surface area contributed by atoms with Crippen LogP contribution in [0.1, 0.15) is 0 Å². The summed E-state index contributed by atoms with van der Waals surface area (Å²) in [5.74, 6) is -4.59. The molecule has 70 valence electrons. The molecular weight excluding hydrogens is 186 g/mol. The summed E-state index contributed by atoms with van der Waals surface area (Å²) < 4.78 is 0. The van der Waals surface area contributed by atoms with Crippen molar-refractivity contribution in [3.05, 3.63) is 20.2 Å². The van der Waals surface area contributed by atoms with Crippen LogP contribution < -0.4 is 0 Å². The monoisotopic (exact) mass is 189 g/mol. The van der Waals surface area contributed by atoms with Gasteiger partial charge in [0.25, 0.3) is 0 Å². The van der Waals surface area contributed by atoms with Crippen LogP contribution >= 0.6 is 0 Å². The van der Waals surface area contributed by atoms with Crippen LogP contribution in [0, 0.1) is 20.2 Å². The average molecular weight is 189 g/mol. The van der Waals surface area contributed by atoms with Gasteiger partial charge in [0, 0.05) is 7.05 Å². The predicted molar refractivity (Wildman–Crippen MR) is 34.3 cm³/mol. The number of likely N-dealkylation sites (N-methyl/N-ethyl adjacent to an activating group) is 1. The Kier molecular flexibility index (Phi) is 1.68. The quantitative estimate of drug-likeness (QED) is 0.312. The molecule has 0 saturated carbocycles. The highest BCUT2D eigenvalue weighted by atomic mass is 16.7. The maximum absolute atomic E-state index is 10.8. The van der Waals surface area contributed by atoms with Gasteiger partial charge in [-0.15, -0.1) is 5.01 Å². The fourth-order valence-corrected chi connectivity index (χ4v) is 0.835. The summed E-state index contributed by atoms with van der Waals surface area (Å²) in [6, 6.07) is 0. The lowest BCUT2D eigenvalue weighted by molar-refractivity contribution is -0.800. The van der Waals surface area contributed by atoms with E-state index < -0.39 is 21.5 Å². The zero-order chi connectivity index (χ0) is 10.2. The highest BCUT2D eigenvalue weighted by Crippen LogP contribution is 2.23. The van der Waals surface area contributed by atoms with Crippen molar-refractivity contribution in [3.8, 4) is 0 Å². The Hall–Kier alpha value is -2.13. The number of amides is 1. The summed E-state index contributed by atoms with van der Waals surface area (Å²) in [5, 5.41) is 26.7. The SMILES string of the molecule is CN1N=NC(=O)C1([N+](=O)[O-])[N+](=O)[O-]. The lowest BCUT2D eigenvalue weighted by atomic mass is 10.3. The summed E-state index contributed by atoms with van der Waals surface area (Å²) in [6.45, 7) is 0. The molecule has 0 bridgehead atoms. The van der Waals surface area contributed by atoms with Gasteiger partial charge in [-0.1, -0.05) is 10.3 Å². The number of nitrogens with zero attached hydrogens (tertiary/aromatic N) is 5. The molecule has 1 amide bonds. The van der Waals surface area contributed by atoms with Gasteiger partial charge in [0.15, 0.2) is 0 Å². The van der Waals surface area contributed by atoms with Crippen molar-refractivity contribution in [1.29, 1.82) is 0 Å². The summed E-state index contributed by atoms with van der Waals surface area (Å²) in [4.78, 5) is 28.9. The van der Waals surface area contributed by atoms with Crippen molar-refractivity contribution >= 4 is 5.91 Å². The van der Waals surface area contributed by atoms with Crippen molar-refractivity contribution in [3.63, 3.8) is 0 Å². The molecule has 0 N–H and O–H groups in total. The van der Waals surface area contributed by atoms with E-state index in [2.05, 4.69) is 10.3 Å². The van der Waals surface area contributed by atoms with Crippen LogP contribution in [0.25, 0.3) is 0 Å². The summed E-state index contributed by atoms with van der Waals surface area (Å²) in [7, 11) is 0.931. The van der Waals surface area contributed by atoms with E-state index >= 15 is 0 Å². The lowest BCUT2D eigenvalue weighted by Gasteiger charge is -2.13. The molecule has 1 aliphatic rings. The Morgan fingerprint density at radius 1 is 1.38 bits per heavy atom. The van der Waals surface area contributed by atoms with E-state index in [1.165, 1.54) is 0 Å². The van der Waals surface area contributed by atoms with Crippen LogP contribution in [0.5, 0.6) is 0 Å². The first kappa shape index (κ1) is 8.96. The van der Waals surface area contributed by atoms with Crippen molar-refractivity contribution in [2.24, 2.45) is 10.3 Å². The normalized spacial score (nSPS) is 19.2. The van der Waals surface area contributed by atoms with Crippen LogP contribution in [0.2, 0.25) is 0 Å². The number of hydrogen-bond donors (Lipinski definition) is 0. The molecule has 1 aliphatic heterocycles. The summed E-state index contributed by atoms with van der Waals surface area (Å²) in [6.07, 6.45) is 0. The van der Waals surface area contributed by atoms with Crippen LogP contribution in [-0.2, 0) is 4.79 Å². The molecule has 0 unspecified atom stereocenters. The Labute approximate surface area is 70.1 Å². The van der Waals surface area contributed by atoms with Crippen LogP contribution in [0.3, 0.4) is 0 Å². The van der Waals surface area contributed by atoms with Crippen LogP contribution in [0.4, 0.5) is 0 Å². The summed E-state index contributed by atoms with van der Waals surface area (Å²) >= 11 is 0. The third-order valence-electron chi connectivity index (χ3n) is 1.52. The second kappa shape index (κ2) is 2.43. The molecule has 1 rings (SSSR count). The zero-order valence-corrected chi connectivity index (χ0v) is 6.28. The molecular formula is C3H3N5O5. The van der Waals surface area contributed by atoms with Crippen molar-refractivity contribution in [2.45, 2.75) is 5.79 Å². The lowest BCUT2D eigenvalue weighted by Crippen LogP contribution is -2.59. The minimum atomic E-state index is -3.08. The van der Waals surface area contributed by atoms with Gasteiger partial charge in [0.1, 0.15) is 9.85 Å².